The van der Waals surface area contributed by atoms with Gasteiger partial charge in [-0.2, -0.15) is 0 Å². The fraction of sp³-hybridized carbons (Fsp3) is 0.474. The number of amides is 2. The van der Waals surface area contributed by atoms with Crippen molar-refractivity contribution in [3.05, 3.63) is 35.0 Å². The molecule has 0 unspecified atom stereocenters. The molecule has 2 aliphatic heterocycles. The normalized spacial score (nSPS) is 27.2. The maximum absolute atomic E-state index is 12.9. The number of benzene rings is 1. The predicted octanol–water partition coefficient (Wildman–Crippen LogP) is 2.78. The van der Waals surface area contributed by atoms with Gasteiger partial charge in [0.15, 0.2) is 11.5 Å². The Labute approximate surface area is 151 Å². The molecule has 7 heteroatoms. The summed E-state index contributed by atoms with van der Waals surface area (Å²) in [5.74, 6) is 1.22. The molecule has 1 aromatic rings. The standard InChI is InChI=1S/C19H22N2O5/c1-10-4-3-5-13(10)26-18(22)16-11(2)20-19(23)21-17(16)12-6-7-14-15(8-12)25-9-24-14/h6-8,10,13,17H,3-5,9H2,1-2H3,(H2,20,21,23)/t10-,13+,17+/m0/s1. The maximum Gasteiger partial charge on any atom is 0.338 e. The van der Waals surface area contributed by atoms with E-state index in [1.54, 1.807) is 19.1 Å². The van der Waals surface area contributed by atoms with Crippen molar-refractivity contribution < 1.29 is 23.8 Å². The largest absolute Gasteiger partial charge is 0.459 e. The first-order valence-electron chi connectivity index (χ1n) is 8.91. The lowest BCUT2D eigenvalue weighted by Gasteiger charge is -2.29. The van der Waals surface area contributed by atoms with Crippen molar-refractivity contribution in [1.82, 2.24) is 10.6 Å². The Morgan fingerprint density at radius 2 is 2.04 bits per heavy atom. The number of allylic oxidation sites excluding steroid dienone is 1. The lowest BCUT2D eigenvalue weighted by molar-refractivity contribution is -0.146. The Hall–Kier alpha value is -2.70. The molecular weight excluding hydrogens is 336 g/mol. The van der Waals surface area contributed by atoms with Gasteiger partial charge in [-0.25, -0.2) is 9.59 Å². The van der Waals surface area contributed by atoms with Crippen molar-refractivity contribution in [2.75, 3.05) is 6.79 Å². The number of carbonyl (C=O) groups is 2. The third-order valence-electron chi connectivity index (χ3n) is 5.26. The number of urea groups is 1. The van der Waals surface area contributed by atoms with Crippen molar-refractivity contribution >= 4 is 12.0 Å². The lowest BCUT2D eigenvalue weighted by atomic mass is 9.95. The molecule has 138 valence electrons. The van der Waals surface area contributed by atoms with E-state index in [4.69, 9.17) is 14.2 Å². The molecule has 1 aliphatic carbocycles. The van der Waals surface area contributed by atoms with Crippen molar-refractivity contribution in [3.8, 4) is 11.5 Å². The molecule has 0 aromatic heterocycles. The van der Waals surface area contributed by atoms with Gasteiger partial charge in [0.2, 0.25) is 6.79 Å². The summed E-state index contributed by atoms with van der Waals surface area (Å²) in [7, 11) is 0. The SMILES string of the molecule is CC1=C(C(=O)O[C@@H]2CCC[C@@H]2C)[C@@H](c2ccc3c(c2)OCO3)NC(=O)N1. The quantitative estimate of drug-likeness (QED) is 0.812. The van der Waals surface area contributed by atoms with Crippen molar-refractivity contribution in [2.45, 2.75) is 45.3 Å². The van der Waals surface area contributed by atoms with Gasteiger partial charge in [-0.05, 0) is 49.8 Å². The highest BCUT2D eigenvalue weighted by Crippen LogP contribution is 2.37. The van der Waals surface area contributed by atoms with E-state index >= 15 is 0 Å². The van der Waals surface area contributed by atoms with Gasteiger partial charge in [0.05, 0.1) is 11.6 Å². The summed E-state index contributed by atoms with van der Waals surface area (Å²) in [5, 5.41) is 5.49. The third kappa shape index (κ3) is 2.98. The van der Waals surface area contributed by atoms with Crippen LogP contribution in [0, 0.1) is 5.92 Å². The van der Waals surface area contributed by atoms with Gasteiger partial charge in [-0.3, -0.25) is 0 Å². The molecule has 26 heavy (non-hydrogen) atoms. The zero-order valence-corrected chi connectivity index (χ0v) is 14.8. The van der Waals surface area contributed by atoms with Crippen molar-refractivity contribution in [1.29, 1.82) is 0 Å². The van der Waals surface area contributed by atoms with Gasteiger partial charge in [0.1, 0.15) is 6.10 Å². The van der Waals surface area contributed by atoms with E-state index in [1.807, 2.05) is 6.07 Å². The number of esters is 1. The highest BCUT2D eigenvalue weighted by Gasteiger charge is 2.35. The molecule has 0 spiro atoms. The highest BCUT2D eigenvalue weighted by molar-refractivity contribution is 5.95. The number of hydrogen-bond donors (Lipinski definition) is 2. The minimum atomic E-state index is -0.595. The lowest BCUT2D eigenvalue weighted by Crippen LogP contribution is -2.45. The molecule has 0 saturated heterocycles. The van der Waals surface area contributed by atoms with E-state index in [-0.39, 0.29) is 18.9 Å². The summed E-state index contributed by atoms with van der Waals surface area (Å²) < 4.78 is 16.5. The molecule has 2 N–H and O–H groups in total. The van der Waals surface area contributed by atoms with Crippen LogP contribution in [0.5, 0.6) is 11.5 Å². The number of carbonyl (C=O) groups excluding carboxylic acids is 2. The summed E-state index contributed by atoms with van der Waals surface area (Å²) in [6.07, 6.45) is 2.94. The highest BCUT2D eigenvalue weighted by atomic mass is 16.7. The minimum Gasteiger partial charge on any atom is -0.459 e. The number of nitrogens with one attached hydrogen (secondary N) is 2. The summed E-state index contributed by atoms with van der Waals surface area (Å²) in [5.41, 5.74) is 1.67. The Morgan fingerprint density at radius 3 is 2.81 bits per heavy atom. The molecule has 3 atom stereocenters. The molecule has 7 nitrogen and oxygen atoms in total. The van der Waals surface area contributed by atoms with Crippen LogP contribution in [0.4, 0.5) is 4.79 Å². The van der Waals surface area contributed by atoms with E-state index in [0.717, 1.165) is 24.8 Å². The van der Waals surface area contributed by atoms with Crippen LogP contribution in [-0.2, 0) is 9.53 Å². The first-order chi connectivity index (χ1) is 12.5. The zero-order valence-electron chi connectivity index (χ0n) is 14.8. The topological polar surface area (TPSA) is 85.9 Å². The molecule has 0 bridgehead atoms. The van der Waals surface area contributed by atoms with Crippen molar-refractivity contribution in [2.24, 2.45) is 5.92 Å². The van der Waals surface area contributed by atoms with Crippen LogP contribution in [0.15, 0.2) is 29.5 Å². The minimum absolute atomic E-state index is 0.0715. The number of fused-ring (bicyclic) bond motifs is 1. The van der Waals surface area contributed by atoms with Crippen LogP contribution in [0.25, 0.3) is 0 Å². The van der Waals surface area contributed by atoms with E-state index < -0.39 is 12.0 Å². The summed E-state index contributed by atoms with van der Waals surface area (Å²) in [6, 6.07) is 4.45. The predicted molar refractivity (Wildman–Crippen MR) is 92.6 cm³/mol. The molecule has 1 saturated carbocycles. The van der Waals surface area contributed by atoms with Crippen LogP contribution >= 0.6 is 0 Å². The molecular formula is C19H22N2O5. The Balaban J connectivity index is 1.64. The average Bonchev–Trinajstić information content (AvgIpc) is 3.22. The van der Waals surface area contributed by atoms with Gasteiger partial charge in [-0.1, -0.05) is 13.0 Å². The van der Waals surface area contributed by atoms with Crippen LogP contribution in [0.1, 0.15) is 44.7 Å². The fourth-order valence-corrected chi connectivity index (χ4v) is 3.79. The van der Waals surface area contributed by atoms with E-state index in [9.17, 15) is 9.59 Å². The van der Waals surface area contributed by atoms with Crippen LogP contribution in [-0.4, -0.2) is 24.9 Å². The van der Waals surface area contributed by atoms with Gasteiger partial charge in [-0.15, -0.1) is 0 Å². The summed E-state index contributed by atoms with van der Waals surface area (Å²) in [6.45, 7) is 3.98. The summed E-state index contributed by atoms with van der Waals surface area (Å²) >= 11 is 0. The first-order valence-corrected chi connectivity index (χ1v) is 8.91. The van der Waals surface area contributed by atoms with Crippen LogP contribution < -0.4 is 20.1 Å². The first kappa shape index (κ1) is 16.8. The number of rotatable bonds is 3. The monoisotopic (exact) mass is 358 g/mol. The third-order valence-corrected chi connectivity index (χ3v) is 5.26. The van der Waals surface area contributed by atoms with Crippen LogP contribution in [0.2, 0.25) is 0 Å². The molecule has 1 aromatic carbocycles. The second kappa shape index (κ2) is 6.55. The second-order valence-corrected chi connectivity index (χ2v) is 7.03. The molecule has 2 heterocycles. The van der Waals surface area contributed by atoms with E-state index in [0.29, 0.717) is 28.7 Å². The maximum atomic E-state index is 12.9. The average molecular weight is 358 g/mol. The molecule has 1 fully saturated rings. The van der Waals surface area contributed by atoms with Crippen molar-refractivity contribution in [3.63, 3.8) is 0 Å². The fourth-order valence-electron chi connectivity index (χ4n) is 3.79. The smallest absolute Gasteiger partial charge is 0.338 e. The van der Waals surface area contributed by atoms with Gasteiger partial charge < -0.3 is 24.8 Å². The van der Waals surface area contributed by atoms with Gasteiger partial charge >= 0.3 is 12.0 Å². The summed E-state index contributed by atoms with van der Waals surface area (Å²) in [4.78, 5) is 24.9. The van der Waals surface area contributed by atoms with E-state index in [1.165, 1.54) is 0 Å². The second-order valence-electron chi connectivity index (χ2n) is 7.03. The van der Waals surface area contributed by atoms with E-state index in [2.05, 4.69) is 17.6 Å². The Bertz CT molecular complexity index is 788. The number of hydrogen-bond acceptors (Lipinski definition) is 5. The van der Waals surface area contributed by atoms with Gasteiger partial charge in [0.25, 0.3) is 0 Å². The number of ether oxygens (including phenoxy) is 3. The molecule has 4 rings (SSSR count). The zero-order chi connectivity index (χ0) is 18.3. The van der Waals surface area contributed by atoms with Crippen LogP contribution in [0.3, 0.4) is 0 Å². The van der Waals surface area contributed by atoms with Gasteiger partial charge in [0, 0.05) is 5.70 Å². The Kier molecular flexibility index (Phi) is 4.22. The molecule has 0 radical (unpaired) electrons. The Morgan fingerprint density at radius 1 is 1.23 bits per heavy atom. The molecule has 2 amide bonds. The molecule has 3 aliphatic rings.